The van der Waals surface area contributed by atoms with E-state index in [2.05, 4.69) is 22.5 Å². The normalized spacial score (nSPS) is 12.1. The molecule has 0 aliphatic rings. The Morgan fingerprint density at radius 3 is 2.67 bits per heavy atom. The van der Waals surface area contributed by atoms with Crippen LogP contribution in [0.4, 0.5) is 0 Å². The Bertz CT molecular complexity index is 931. The van der Waals surface area contributed by atoms with Crippen LogP contribution >= 0.6 is 0 Å². The molecule has 5 heteroatoms. The second-order valence-corrected chi connectivity index (χ2v) is 7.01. The Balaban J connectivity index is 1.47. The van der Waals surface area contributed by atoms with Crippen LogP contribution in [0.3, 0.4) is 0 Å². The lowest BCUT2D eigenvalue weighted by molar-refractivity contribution is -0.121. The van der Waals surface area contributed by atoms with Crippen molar-refractivity contribution < 1.29 is 9.59 Å². The van der Waals surface area contributed by atoms with Crippen LogP contribution < -0.4 is 5.32 Å². The predicted octanol–water partition coefficient (Wildman–Crippen LogP) is 3.90. The fourth-order valence-corrected chi connectivity index (χ4v) is 3.12. The molecule has 3 aromatic rings. The average Bonchev–Trinajstić information content (AvgIpc) is 3.08. The molecule has 1 amide bonds. The molecule has 140 valence electrons. The summed E-state index contributed by atoms with van der Waals surface area (Å²) < 4.78 is 1.39. The van der Waals surface area contributed by atoms with E-state index in [0.717, 1.165) is 29.3 Å². The third kappa shape index (κ3) is 5.03. The van der Waals surface area contributed by atoms with Crippen LogP contribution in [0.5, 0.6) is 0 Å². The number of hydrogen-bond donors (Lipinski definition) is 1. The summed E-state index contributed by atoms with van der Waals surface area (Å²) in [5.41, 5.74) is 3.16. The third-order valence-electron chi connectivity index (χ3n) is 4.64. The molecule has 2 aromatic carbocycles. The molecule has 0 bridgehead atoms. The highest BCUT2D eigenvalue weighted by atomic mass is 16.2. The first-order valence-electron chi connectivity index (χ1n) is 9.34. The Labute approximate surface area is 159 Å². The van der Waals surface area contributed by atoms with Crippen molar-refractivity contribution in [2.75, 3.05) is 0 Å². The zero-order valence-corrected chi connectivity index (χ0v) is 15.8. The molecule has 1 heterocycles. The van der Waals surface area contributed by atoms with Crippen LogP contribution in [-0.4, -0.2) is 27.6 Å². The fraction of sp³-hybridized carbons (Fsp3) is 0.318. The summed E-state index contributed by atoms with van der Waals surface area (Å²) in [5.74, 6) is -0.267. The number of nitrogens with one attached hydrogen (secondary N) is 1. The van der Waals surface area contributed by atoms with E-state index in [1.165, 1.54) is 10.2 Å². The number of rotatable bonds is 7. The van der Waals surface area contributed by atoms with Gasteiger partial charge in [0.25, 0.3) is 0 Å². The Morgan fingerprint density at radius 2 is 1.89 bits per heavy atom. The van der Waals surface area contributed by atoms with Crippen molar-refractivity contribution >= 4 is 22.7 Å². The highest BCUT2D eigenvalue weighted by Gasteiger charge is 2.14. The number of aryl methyl sites for hydroxylation is 2. The van der Waals surface area contributed by atoms with Gasteiger partial charge >= 0.3 is 0 Å². The minimum absolute atomic E-state index is 0.0707. The molecule has 1 N–H and O–H groups in total. The van der Waals surface area contributed by atoms with Gasteiger partial charge in [0.15, 0.2) is 0 Å². The standard InChI is InChI=1S/C22H25N3O2/c1-16-8-11-20-19(14-16)15-23-25(20)22(27)13-12-21(26)24-17(2)9-10-18-6-4-3-5-7-18/h3-8,11,14-15,17H,9-10,12-13H2,1-2H3,(H,24,26). The average molecular weight is 363 g/mol. The van der Waals surface area contributed by atoms with E-state index in [1.54, 1.807) is 6.20 Å². The van der Waals surface area contributed by atoms with Gasteiger partial charge < -0.3 is 5.32 Å². The van der Waals surface area contributed by atoms with Gasteiger partial charge in [0.05, 0.1) is 11.7 Å². The molecule has 5 nitrogen and oxygen atoms in total. The number of aromatic nitrogens is 2. The van der Waals surface area contributed by atoms with Crippen LogP contribution in [0.2, 0.25) is 0 Å². The lowest BCUT2D eigenvalue weighted by Gasteiger charge is -2.13. The second-order valence-electron chi connectivity index (χ2n) is 7.01. The molecule has 0 aliphatic carbocycles. The minimum Gasteiger partial charge on any atom is -0.354 e. The van der Waals surface area contributed by atoms with E-state index in [9.17, 15) is 9.59 Å². The zero-order valence-electron chi connectivity index (χ0n) is 15.8. The first kappa shape index (κ1) is 18.8. The van der Waals surface area contributed by atoms with Crippen molar-refractivity contribution in [2.45, 2.75) is 45.6 Å². The minimum atomic E-state index is -0.166. The summed E-state index contributed by atoms with van der Waals surface area (Å²) in [4.78, 5) is 24.6. The molecule has 3 rings (SSSR count). The van der Waals surface area contributed by atoms with Gasteiger partial charge in [-0.15, -0.1) is 0 Å². The molecular weight excluding hydrogens is 338 g/mol. The molecule has 1 atom stereocenters. The van der Waals surface area contributed by atoms with Crippen LogP contribution in [0.1, 0.15) is 42.1 Å². The number of carbonyl (C=O) groups is 2. The van der Waals surface area contributed by atoms with Crippen LogP contribution in [0.25, 0.3) is 10.9 Å². The molecule has 0 radical (unpaired) electrons. The van der Waals surface area contributed by atoms with Crippen molar-refractivity contribution in [1.82, 2.24) is 15.1 Å². The van der Waals surface area contributed by atoms with Gasteiger partial charge in [0.2, 0.25) is 11.8 Å². The van der Waals surface area contributed by atoms with Gasteiger partial charge in [-0.25, -0.2) is 4.68 Å². The van der Waals surface area contributed by atoms with E-state index in [0.29, 0.717) is 0 Å². The summed E-state index contributed by atoms with van der Waals surface area (Å²) in [6, 6.07) is 16.1. The number of carbonyl (C=O) groups excluding carboxylic acids is 2. The molecule has 0 saturated heterocycles. The highest BCUT2D eigenvalue weighted by Crippen LogP contribution is 2.16. The molecule has 0 aliphatic heterocycles. The lowest BCUT2D eigenvalue weighted by Crippen LogP contribution is -2.33. The number of fused-ring (bicyclic) bond motifs is 1. The van der Waals surface area contributed by atoms with E-state index in [1.807, 2.05) is 50.2 Å². The zero-order chi connectivity index (χ0) is 19.2. The Hall–Kier alpha value is -2.95. The Morgan fingerprint density at radius 1 is 1.11 bits per heavy atom. The quantitative estimate of drug-likeness (QED) is 0.692. The van der Waals surface area contributed by atoms with Crippen molar-refractivity contribution in [3.8, 4) is 0 Å². The van der Waals surface area contributed by atoms with Crippen LogP contribution in [0, 0.1) is 6.92 Å². The first-order chi connectivity index (χ1) is 13.0. The molecular formula is C22H25N3O2. The highest BCUT2D eigenvalue weighted by molar-refractivity contribution is 5.92. The van der Waals surface area contributed by atoms with Gasteiger partial charge in [0, 0.05) is 24.3 Å². The summed E-state index contributed by atoms with van der Waals surface area (Å²) >= 11 is 0. The van der Waals surface area contributed by atoms with Gasteiger partial charge in [-0.3, -0.25) is 9.59 Å². The SMILES string of the molecule is Cc1ccc2c(cnn2C(=O)CCC(=O)NC(C)CCc2ccccc2)c1. The third-order valence-corrected chi connectivity index (χ3v) is 4.64. The summed E-state index contributed by atoms with van der Waals surface area (Å²) in [6.45, 7) is 3.99. The lowest BCUT2D eigenvalue weighted by atomic mass is 10.1. The summed E-state index contributed by atoms with van der Waals surface area (Å²) in [6.07, 6.45) is 3.78. The van der Waals surface area contributed by atoms with Gasteiger partial charge in [-0.05, 0) is 44.4 Å². The first-order valence-corrected chi connectivity index (χ1v) is 9.34. The van der Waals surface area contributed by atoms with Crippen LogP contribution in [-0.2, 0) is 11.2 Å². The van der Waals surface area contributed by atoms with Gasteiger partial charge in [0.1, 0.15) is 0 Å². The molecule has 0 spiro atoms. The maximum Gasteiger partial charge on any atom is 0.247 e. The largest absolute Gasteiger partial charge is 0.354 e. The summed E-state index contributed by atoms with van der Waals surface area (Å²) in [7, 11) is 0. The van der Waals surface area contributed by atoms with E-state index in [-0.39, 0.29) is 30.7 Å². The molecule has 0 fully saturated rings. The molecule has 27 heavy (non-hydrogen) atoms. The number of benzene rings is 2. The smallest absolute Gasteiger partial charge is 0.247 e. The van der Waals surface area contributed by atoms with E-state index in [4.69, 9.17) is 0 Å². The van der Waals surface area contributed by atoms with Crippen molar-refractivity contribution in [3.05, 3.63) is 65.9 Å². The summed E-state index contributed by atoms with van der Waals surface area (Å²) in [5, 5.41) is 8.08. The molecule has 1 aromatic heterocycles. The van der Waals surface area contributed by atoms with Gasteiger partial charge in [-0.2, -0.15) is 5.10 Å². The van der Waals surface area contributed by atoms with Crippen LogP contribution in [0.15, 0.2) is 54.7 Å². The number of amides is 1. The number of nitrogens with zero attached hydrogens (tertiary/aromatic N) is 2. The Kier molecular flexibility index (Phi) is 6.01. The maximum atomic E-state index is 12.4. The number of hydrogen-bond acceptors (Lipinski definition) is 3. The van der Waals surface area contributed by atoms with Crippen molar-refractivity contribution in [1.29, 1.82) is 0 Å². The van der Waals surface area contributed by atoms with Crippen molar-refractivity contribution in [3.63, 3.8) is 0 Å². The predicted molar refractivity (Wildman–Crippen MR) is 107 cm³/mol. The maximum absolute atomic E-state index is 12.4. The van der Waals surface area contributed by atoms with E-state index >= 15 is 0 Å². The van der Waals surface area contributed by atoms with E-state index < -0.39 is 0 Å². The molecule has 1 unspecified atom stereocenters. The second kappa shape index (κ2) is 8.62. The fourth-order valence-electron chi connectivity index (χ4n) is 3.12. The van der Waals surface area contributed by atoms with Crippen molar-refractivity contribution in [2.24, 2.45) is 0 Å². The monoisotopic (exact) mass is 363 g/mol. The van der Waals surface area contributed by atoms with Gasteiger partial charge in [-0.1, -0.05) is 42.0 Å². The molecule has 0 saturated carbocycles. The topological polar surface area (TPSA) is 64.0 Å².